The van der Waals surface area contributed by atoms with Gasteiger partial charge in [0.25, 0.3) is 5.91 Å². The number of nitrogens with zero attached hydrogens (tertiary/aromatic N) is 2. The number of aryl methyl sites for hydroxylation is 1. The molecule has 0 unspecified atom stereocenters. The van der Waals surface area contributed by atoms with Crippen LogP contribution >= 0.6 is 22.7 Å². The lowest BCUT2D eigenvalue weighted by Gasteiger charge is -2.05. The second-order valence-electron chi connectivity index (χ2n) is 6.26. The van der Waals surface area contributed by atoms with Crippen molar-refractivity contribution in [3.63, 3.8) is 0 Å². The van der Waals surface area contributed by atoms with Crippen molar-refractivity contribution in [3.05, 3.63) is 62.9 Å². The van der Waals surface area contributed by atoms with Crippen molar-refractivity contribution in [1.29, 1.82) is 0 Å². The first-order valence-corrected chi connectivity index (χ1v) is 10.3. The Bertz CT molecular complexity index is 1130. The fourth-order valence-corrected chi connectivity index (χ4v) is 4.31. The van der Waals surface area contributed by atoms with E-state index in [1.54, 1.807) is 11.6 Å². The molecule has 3 aromatic heterocycles. The summed E-state index contributed by atoms with van der Waals surface area (Å²) in [6.45, 7) is 2.52. The van der Waals surface area contributed by atoms with E-state index in [1.807, 2.05) is 31.2 Å². The van der Waals surface area contributed by atoms with Crippen LogP contribution in [0.2, 0.25) is 0 Å². The number of hydrogen-bond acceptors (Lipinski definition) is 6. The van der Waals surface area contributed by atoms with E-state index in [-0.39, 0.29) is 18.2 Å². The van der Waals surface area contributed by atoms with E-state index in [0.29, 0.717) is 17.4 Å². The van der Waals surface area contributed by atoms with Crippen molar-refractivity contribution in [1.82, 2.24) is 20.5 Å². The normalized spacial score (nSPS) is 10.9. The molecule has 0 saturated heterocycles. The van der Waals surface area contributed by atoms with E-state index in [4.69, 9.17) is 0 Å². The summed E-state index contributed by atoms with van der Waals surface area (Å²) < 4.78 is 0. The molecule has 0 aliphatic carbocycles. The maximum atomic E-state index is 12.3. The molecule has 0 bridgehead atoms. The number of aromatic amines is 1. The van der Waals surface area contributed by atoms with Gasteiger partial charge in [-0.25, -0.2) is 4.98 Å². The summed E-state index contributed by atoms with van der Waals surface area (Å²) in [6.07, 6.45) is 1.85. The van der Waals surface area contributed by atoms with Gasteiger partial charge in [0.15, 0.2) is 5.01 Å². The zero-order chi connectivity index (χ0) is 19.5. The number of carbonyl (C=O) groups excluding carboxylic acids is 2. The van der Waals surface area contributed by atoms with Crippen LogP contribution in [0.5, 0.6) is 0 Å². The van der Waals surface area contributed by atoms with Crippen LogP contribution in [0.3, 0.4) is 0 Å². The van der Waals surface area contributed by atoms with Gasteiger partial charge in [-0.1, -0.05) is 29.8 Å². The number of nitrogens with one attached hydrogen (secondary N) is 3. The maximum Gasteiger partial charge on any atom is 0.285 e. The zero-order valence-corrected chi connectivity index (χ0v) is 16.6. The summed E-state index contributed by atoms with van der Waals surface area (Å²) in [7, 11) is 0. The molecule has 0 radical (unpaired) electrons. The topological polar surface area (TPSA) is 99.8 Å². The number of thiophene rings is 1. The molecule has 0 saturated carbocycles. The van der Waals surface area contributed by atoms with Crippen molar-refractivity contribution in [2.45, 2.75) is 19.9 Å². The Morgan fingerprint density at radius 2 is 2.14 bits per heavy atom. The van der Waals surface area contributed by atoms with E-state index in [0.717, 1.165) is 20.7 Å². The van der Waals surface area contributed by atoms with E-state index in [2.05, 4.69) is 31.9 Å². The summed E-state index contributed by atoms with van der Waals surface area (Å²) in [5.41, 5.74) is 2.24. The molecule has 4 rings (SSSR count). The predicted octanol–water partition coefficient (Wildman–Crippen LogP) is 3.50. The smallest absolute Gasteiger partial charge is 0.285 e. The second kappa shape index (κ2) is 7.91. The third-order valence-corrected chi connectivity index (χ3v) is 5.87. The first-order chi connectivity index (χ1) is 13.6. The van der Waals surface area contributed by atoms with Crippen LogP contribution in [-0.4, -0.2) is 27.0 Å². The van der Waals surface area contributed by atoms with Crippen LogP contribution in [0.1, 0.15) is 25.8 Å². The van der Waals surface area contributed by atoms with Crippen LogP contribution in [0, 0.1) is 6.92 Å². The number of thiazole rings is 1. The molecule has 7 nitrogen and oxygen atoms in total. The highest BCUT2D eigenvalue weighted by molar-refractivity contribution is 7.18. The summed E-state index contributed by atoms with van der Waals surface area (Å²) in [4.78, 5) is 30.1. The molecule has 0 spiro atoms. The molecular formula is C19H17N5O2S2. The van der Waals surface area contributed by atoms with Gasteiger partial charge in [0, 0.05) is 23.0 Å². The van der Waals surface area contributed by atoms with Gasteiger partial charge >= 0.3 is 0 Å². The minimum Gasteiger partial charge on any atom is -0.352 e. The largest absolute Gasteiger partial charge is 0.352 e. The molecule has 0 atom stereocenters. The van der Waals surface area contributed by atoms with Gasteiger partial charge in [-0.05, 0) is 18.6 Å². The number of carbonyl (C=O) groups is 2. The lowest BCUT2D eigenvalue weighted by Crippen LogP contribution is -2.24. The number of H-pyrrole nitrogens is 1. The lowest BCUT2D eigenvalue weighted by molar-refractivity contribution is -0.120. The van der Waals surface area contributed by atoms with Crippen molar-refractivity contribution >= 4 is 50.5 Å². The van der Waals surface area contributed by atoms with Crippen LogP contribution < -0.4 is 10.6 Å². The zero-order valence-electron chi connectivity index (χ0n) is 15.0. The molecule has 2 amide bonds. The van der Waals surface area contributed by atoms with Gasteiger partial charge in [0.05, 0.1) is 11.8 Å². The fraction of sp³-hybridized carbons (Fsp3) is 0.158. The van der Waals surface area contributed by atoms with Gasteiger partial charge in [-0.2, -0.15) is 5.10 Å². The van der Waals surface area contributed by atoms with Crippen molar-refractivity contribution in [2.75, 3.05) is 5.32 Å². The third kappa shape index (κ3) is 4.10. The van der Waals surface area contributed by atoms with Crippen LogP contribution in [0.4, 0.5) is 5.82 Å². The number of rotatable bonds is 6. The molecule has 142 valence electrons. The summed E-state index contributed by atoms with van der Waals surface area (Å²) in [5.74, 6) is 0.171. The van der Waals surface area contributed by atoms with Gasteiger partial charge < -0.3 is 10.6 Å². The van der Waals surface area contributed by atoms with Crippen LogP contribution in [0.15, 0.2) is 41.9 Å². The predicted molar refractivity (Wildman–Crippen MR) is 111 cm³/mol. The average Bonchev–Trinajstić information content (AvgIpc) is 3.39. The monoisotopic (exact) mass is 411 g/mol. The quantitative estimate of drug-likeness (QED) is 0.452. The van der Waals surface area contributed by atoms with E-state index in [1.165, 1.54) is 28.2 Å². The molecule has 4 aromatic rings. The molecule has 9 heteroatoms. The molecular weight excluding hydrogens is 394 g/mol. The lowest BCUT2D eigenvalue weighted by atomic mass is 10.1. The number of hydrogen-bond donors (Lipinski definition) is 3. The van der Waals surface area contributed by atoms with E-state index >= 15 is 0 Å². The van der Waals surface area contributed by atoms with Crippen LogP contribution in [0.25, 0.3) is 10.2 Å². The first kappa shape index (κ1) is 18.3. The molecule has 3 N–H and O–H groups in total. The Morgan fingerprint density at radius 3 is 2.93 bits per heavy atom. The van der Waals surface area contributed by atoms with E-state index in [9.17, 15) is 9.59 Å². The molecule has 0 aliphatic heterocycles. The number of fused-ring (bicyclic) bond motifs is 1. The fourth-order valence-electron chi connectivity index (χ4n) is 2.79. The van der Waals surface area contributed by atoms with E-state index < -0.39 is 0 Å². The number of benzene rings is 1. The molecule has 3 heterocycles. The number of anilines is 1. The second-order valence-corrected chi connectivity index (χ2v) is 8.27. The highest BCUT2D eigenvalue weighted by Crippen LogP contribution is 2.29. The Kier molecular flexibility index (Phi) is 5.18. The number of aromatic nitrogens is 3. The highest BCUT2D eigenvalue weighted by Gasteiger charge is 2.16. The van der Waals surface area contributed by atoms with Gasteiger partial charge in [0.1, 0.15) is 10.6 Å². The molecule has 1 aromatic carbocycles. The minimum atomic E-state index is -0.288. The van der Waals surface area contributed by atoms with Crippen molar-refractivity contribution < 1.29 is 9.59 Å². The highest BCUT2D eigenvalue weighted by atomic mass is 32.1. The SMILES string of the molecule is Cc1cccc(CNC(=O)Cc2cc3c(NC(=O)c4nccs4)[nH]nc3s2)c1. The Hall–Kier alpha value is -3.04. The minimum absolute atomic E-state index is 0.0530. The Labute approximate surface area is 168 Å². The average molecular weight is 412 g/mol. The van der Waals surface area contributed by atoms with Gasteiger partial charge in [-0.15, -0.1) is 22.7 Å². The van der Waals surface area contributed by atoms with Crippen molar-refractivity contribution in [3.8, 4) is 0 Å². The molecule has 0 aliphatic rings. The Morgan fingerprint density at radius 1 is 1.25 bits per heavy atom. The summed E-state index contributed by atoms with van der Waals surface area (Å²) >= 11 is 2.70. The molecule has 0 fully saturated rings. The summed E-state index contributed by atoms with van der Waals surface area (Å²) in [6, 6.07) is 9.93. The molecule has 28 heavy (non-hydrogen) atoms. The maximum absolute atomic E-state index is 12.3. The number of amides is 2. The Balaban J connectivity index is 1.40. The van der Waals surface area contributed by atoms with Crippen LogP contribution in [-0.2, 0) is 17.8 Å². The third-order valence-electron chi connectivity index (χ3n) is 4.07. The van der Waals surface area contributed by atoms with Crippen molar-refractivity contribution in [2.24, 2.45) is 0 Å². The first-order valence-electron chi connectivity index (χ1n) is 8.58. The van der Waals surface area contributed by atoms with Gasteiger partial charge in [-0.3, -0.25) is 14.7 Å². The van der Waals surface area contributed by atoms with Gasteiger partial charge in [0.2, 0.25) is 5.91 Å². The standard InChI is InChI=1S/C19H17N5O2S2/c1-11-3-2-4-12(7-11)10-21-15(25)9-13-8-14-16(23-24-18(14)28-13)22-17(26)19-20-5-6-27-19/h2-8H,9-10H2,1H3,(H,21,25)(H2,22,23,24,26). The summed E-state index contributed by atoms with van der Waals surface area (Å²) in [5, 5.41) is 15.7.